The fraction of sp³-hybridized carbons (Fsp3) is 0.667. The average molecular weight is 254 g/mol. The van der Waals surface area contributed by atoms with Gasteiger partial charge in [0.25, 0.3) is 0 Å². The quantitative estimate of drug-likeness (QED) is 0.755. The molecule has 6 heteroatoms. The third kappa shape index (κ3) is 4.12. The van der Waals surface area contributed by atoms with Crippen LogP contribution in [0.1, 0.15) is 20.3 Å². The molecule has 1 aromatic rings. The predicted octanol–water partition coefficient (Wildman–Crippen LogP) is 0.841. The van der Waals surface area contributed by atoms with Gasteiger partial charge in [-0.1, -0.05) is 20.3 Å². The molecule has 0 aliphatic heterocycles. The van der Waals surface area contributed by atoms with E-state index in [0.29, 0.717) is 18.8 Å². The molecule has 0 spiro atoms. The van der Waals surface area contributed by atoms with E-state index in [-0.39, 0.29) is 11.8 Å². The van der Waals surface area contributed by atoms with E-state index in [0.717, 1.165) is 6.42 Å². The van der Waals surface area contributed by atoms with E-state index < -0.39 is 6.04 Å². The second-order valence-corrected chi connectivity index (χ2v) is 4.39. The van der Waals surface area contributed by atoms with Crippen LogP contribution in [0.15, 0.2) is 12.4 Å². The Morgan fingerprint density at radius 3 is 3.00 bits per heavy atom. The van der Waals surface area contributed by atoms with Crippen LogP contribution in [0.5, 0.6) is 0 Å². The highest BCUT2D eigenvalue weighted by Crippen LogP contribution is 2.10. The maximum Gasteiger partial charge on any atom is 0.241 e. The number of amides is 1. The number of ether oxygens (including phenoxy) is 1. The number of hydrogen-bond donors (Lipinski definition) is 2. The fourth-order valence-electron chi connectivity index (χ4n) is 1.47. The number of nitrogens with two attached hydrogens (primary N) is 1. The lowest BCUT2D eigenvalue weighted by Crippen LogP contribution is -2.40. The van der Waals surface area contributed by atoms with Crippen molar-refractivity contribution in [2.24, 2.45) is 11.7 Å². The lowest BCUT2D eigenvalue weighted by molar-refractivity contribution is -0.118. The molecule has 0 saturated carbocycles. The van der Waals surface area contributed by atoms with Crippen molar-refractivity contribution in [1.29, 1.82) is 0 Å². The number of aromatic nitrogens is 2. The summed E-state index contributed by atoms with van der Waals surface area (Å²) in [6.07, 6.45) is 4.25. The molecule has 0 fully saturated rings. The number of methoxy groups -OCH3 is 1. The second-order valence-electron chi connectivity index (χ2n) is 4.39. The van der Waals surface area contributed by atoms with E-state index in [1.807, 2.05) is 13.8 Å². The Balaban J connectivity index is 2.51. The minimum atomic E-state index is -0.489. The molecule has 0 radical (unpaired) electrons. The van der Waals surface area contributed by atoms with Crippen LogP contribution in [0, 0.1) is 5.92 Å². The summed E-state index contributed by atoms with van der Waals surface area (Å²) >= 11 is 0. The molecule has 0 aromatic carbocycles. The molecule has 102 valence electrons. The Bertz CT molecular complexity index is 378. The summed E-state index contributed by atoms with van der Waals surface area (Å²) < 4.78 is 6.67. The molecule has 0 unspecified atom stereocenters. The molecule has 1 rings (SSSR count). The molecular formula is C12H22N4O2. The Labute approximate surface area is 107 Å². The van der Waals surface area contributed by atoms with Gasteiger partial charge in [0.15, 0.2) is 0 Å². The summed E-state index contributed by atoms with van der Waals surface area (Å²) in [5.41, 5.74) is 6.51. The van der Waals surface area contributed by atoms with E-state index in [2.05, 4.69) is 10.4 Å². The van der Waals surface area contributed by atoms with E-state index in [1.165, 1.54) is 0 Å². The van der Waals surface area contributed by atoms with Gasteiger partial charge in [-0.15, -0.1) is 0 Å². The maximum absolute atomic E-state index is 11.8. The standard InChI is InChI=1S/C12H22N4O2/c1-4-9(2)11(13)12(17)15-10-7-14-16(8-10)5-6-18-3/h7-9,11H,4-6,13H2,1-3H3,(H,15,17)/t9-,11-/m0/s1. The number of nitrogens with one attached hydrogen (secondary N) is 1. The minimum absolute atomic E-state index is 0.161. The van der Waals surface area contributed by atoms with Gasteiger partial charge >= 0.3 is 0 Å². The summed E-state index contributed by atoms with van der Waals surface area (Å²) in [5, 5.41) is 6.88. The zero-order valence-electron chi connectivity index (χ0n) is 11.2. The number of rotatable bonds is 7. The van der Waals surface area contributed by atoms with Gasteiger partial charge in [-0.2, -0.15) is 5.10 Å². The van der Waals surface area contributed by atoms with Crippen molar-refractivity contribution in [3.05, 3.63) is 12.4 Å². The number of hydrogen-bond acceptors (Lipinski definition) is 4. The van der Waals surface area contributed by atoms with Crippen molar-refractivity contribution in [1.82, 2.24) is 9.78 Å². The van der Waals surface area contributed by atoms with Gasteiger partial charge in [0, 0.05) is 13.3 Å². The van der Waals surface area contributed by atoms with Crippen LogP contribution in [-0.2, 0) is 16.1 Å². The first-order valence-corrected chi connectivity index (χ1v) is 6.16. The van der Waals surface area contributed by atoms with Crippen molar-refractivity contribution in [3.63, 3.8) is 0 Å². The average Bonchev–Trinajstić information content (AvgIpc) is 2.81. The number of carbonyl (C=O) groups excluding carboxylic acids is 1. The zero-order valence-corrected chi connectivity index (χ0v) is 11.2. The fourth-order valence-corrected chi connectivity index (χ4v) is 1.47. The summed E-state index contributed by atoms with van der Waals surface area (Å²) in [7, 11) is 1.64. The predicted molar refractivity (Wildman–Crippen MR) is 70.2 cm³/mol. The van der Waals surface area contributed by atoms with Crippen molar-refractivity contribution in [3.8, 4) is 0 Å². The Hall–Kier alpha value is -1.40. The lowest BCUT2D eigenvalue weighted by Gasteiger charge is -2.16. The highest BCUT2D eigenvalue weighted by atomic mass is 16.5. The molecule has 18 heavy (non-hydrogen) atoms. The van der Waals surface area contributed by atoms with Gasteiger partial charge in [-0.05, 0) is 5.92 Å². The van der Waals surface area contributed by atoms with E-state index in [4.69, 9.17) is 10.5 Å². The smallest absolute Gasteiger partial charge is 0.241 e. The Morgan fingerprint density at radius 2 is 2.39 bits per heavy atom. The molecule has 2 atom stereocenters. The summed E-state index contributed by atoms with van der Waals surface area (Å²) in [4.78, 5) is 11.8. The largest absolute Gasteiger partial charge is 0.383 e. The molecule has 3 N–H and O–H groups in total. The van der Waals surface area contributed by atoms with Gasteiger partial charge in [0.2, 0.25) is 5.91 Å². The molecule has 1 amide bonds. The van der Waals surface area contributed by atoms with Crippen LogP contribution in [-0.4, -0.2) is 35.4 Å². The van der Waals surface area contributed by atoms with Gasteiger partial charge in [-0.25, -0.2) is 0 Å². The van der Waals surface area contributed by atoms with Crippen LogP contribution in [0.3, 0.4) is 0 Å². The minimum Gasteiger partial charge on any atom is -0.383 e. The van der Waals surface area contributed by atoms with Crippen molar-refractivity contribution >= 4 is 11.6 Å². The van der Waals surface area contributed by atoms with Crippen molar-refractivity contribution in [2.75, 3.05) is 19.0 Å². The third-order valence-corrected chi connectivity index (χ3v) is 2.99. The molecule has 0 aliphatic rings. The first kappa shape index (κ1) is 14.7. The van der Waals surface area contributed by atoms with Crippen LogP contribution < -0.4 is 11.1 Å². The van der Waals surface area contributed by atoms with Gasteiger partial charge in [0.05, 0.1) is 31.1 Å². The van der Waals surface area contributed by atoms with Gasteiger partial charge < -0.3 is 15.8 Å². The molecule has 1 heterocycles. The SMILES string of the molecule is CC[C@H](C)[C@H](N)C(=O)Nc1cnn(CCOC)c1. The maximum atomic E-state index is 11.8. The zero-order chi connectivity index (χ0) is 13.5. The molecule has 1 aromatic heterocycles. The monoisotopic (exact) mass is 254 g/mol. The van der Waals surface area contributed by atoms with Crippen molar-refractivity contribution < 1.29 is 9.53 Å². The molecule has 0 bridgehead atoms. The van der Waals surface area contributed by atoms with Gasteiger partial charge in [0.1, 0.15) is 0 Å². The highest BCUT2D eigenvalue weighted by Gasteiger charge is 2.19. The first-order chi connectivity index (χ1) is 8.58. The summed E-state index contributed by atoms with van der Waals surface area (Å²) in [6, 6.07) is -0.489. The second kappa shape index (κ2) is 7.13. The third-order valence-electron chi connectivity index (χ3n) is 2.99. The Morgan fingerprint density at radius 1 is 1.67 bits per heavy atom. The van der Waals surface area contributed by atoms with Crippen LogP contribution in [0.2, 0.25) is 0 Å². The van der Waals surface area contributed by atoms with E-state index in [1.54, 1.807) is 24.2 Å². The van der Waals surface area contributed by atoms with E-state index >= 15 is 0 Å². The molecule has 6 nitrogen and oxygen atoms in total. The van der Waals surface area contributed by atoms with Crippen molar-refractivity contribution in [2.45, 2.75) is 32.9 Å². The Kier molecular flexibility index (Phi) is 5.80. The molecular weight excluding hydrogens is 232 g/mol. The number of nitrogens with zero attached hydrogens (tertiary/aromatic N) is 2. The van der Waals surface area contributed by atoms with Gasteiger partial charge in [-0.3, -0.25) is 9.48 Å². The van der Waals surface area contributed by atoms with E-state index in [9.17, 15) is 4.79 Å². The summed E-state index contributed by atoms with van der Waals surface area (Å²) in [5.74, 6) is -0.0100. The molecule has 0 saturated heterocycles. The van der Waals surface area contributed by atoms with Crippen LogP contribution in [0.25, 0.3) is 0 Å². The summed E-state index contributed by atoms with van der Waals surface area (Å²) in [6.45, 7) is 5.22. The first-order valence-electron chi connectivity index (χ1n) is 6.16. The number of carbonyl (C=O) groups is 1. The van der Waals surface area contributed by atoms with Crippen LogP contribution in [0.4, 0.5) is 5.69 Å². The molecule has 0 aliphatic carbocycles. The number of anilines is 1. The lowest BCUT2D eigenvalue weighted by atomic mass is 9.99. The topological polar surface area (TPSA) is 82.2 Å². The van der Waals surface area contributed by atoms with Crippen LogP contribution >= 0.6 is 0 Å². The highest BCUT2D eigenvalue weighted by molar-refractivity contribution is 5.94. The normalized spacial score (nSPS) is 14.2.